The number of primary amides is 1. The molecule has 7 heteroatoms. The Morgan fingerprint density at radius 3 is 2.40 bits per heavy atom. The molecule has 0 bridgehead atoms. The van der Waals surface area contributed by atoms with E-state index in [0.29, 0.717) is 12.2 Å². The fourth-order valence-electron chi connectivity index (χ4n) is 1.79. The van der Waals surface area contributed by atoms with Gasteiger partial charge in [-0.05, 0) is 25.0 Å². The van der Waals surface area contributed by atoms with Crippen LogP contribution in [0.15, 0.2) is 29.2 Å². The van der Waals surface area contributed by atoms with Crippen LogP contribution in [0.1, 0.15) is 20.8 Å². The Balaban J connectivity index is 3.14. The molecule has 4 N–H and O–H groups in total. The first-order chi connectivity index (χ1) is 9.29. The standard InChI is InChI=1S/C13H21N3O3S/c1-4-15-10-7-5-6-8-11(10)20(18,19)16-12(9(2)3)13(14)17/h5-9,12,15-16H,4H2,1-3H3,(H2,14,17). The van der Waals surface area contributed by atoms with Crippen molar-refractivity contribution in [2.45, 2.75) is 31.7 Å². The van der Waals surface area contributed by atoms with E-state index in [1.807, 2.05) is 6.92 Å². The smallest absolute Gasteiger partial charge is 0.243 e. The molecule has 0 aliphatic carbocycles. The van der Waals surface area contributed by atoms with Gasteiger partial charge in [0.05, 0.1) is 5.69 Å². The zero-order chi connectivity index (χ0) is 15.3. The van der Waals surface area contributed by atoms with Crippen molar-refractivity contribution in [3.05, 3.63) is 24.3 Å². The monoisotopic (exact) mass is 299 g/mol. The van der Waals surface area contributed by atoms with Crippen molar-refractivity contribution in [1.82, 2.24) is 4.72 Å². The molecule has 0 saturated carbocycles. The van der Waals surface area contributed by atoms with Gasteiger partial charge in [0, 0.05) is 6.54 Å². The van der Waals surface area contributed by atoms with Gasteiger partial charge >= 0.3 is 0 Å². The summed E-state index contributed by atoms with van der Waals surface area (Å²) in [5.41, 5.74) is 5.73. The fraction of sp³-hybridized carbons (Fsp3) is 0.462. The van der Waals surface area contributed by atoms with Gasteiger partial charge in [0.2, 0.25) is 15.9 Å². The van der Waals surface area contributed by atoms with Crippen LogP contribution in [0.5, 0.6) is 0 Å². The number of rotatable bonds is 7. The summed E-state index contributed by atoms with van der Waals surface area (Å²) < 4.78 is 27.1. The predicted octanol–water partition coefficient (Wildman–Crippen LogP) is 0.907. The van der Waals surface area contributed by atoms with Crippen LogP contribution < -0.4 is 15.8 Å². The van der Waals surface area contributed by atoms with Crippen LogP contribution in [0.2, 0.25) is 0 Å². The predicted molar refractivity (Wildman–Crippen MR) is 78.7 cm³/mol. The first kappa shape index (κ1) is 16.5. The van der Waals surface area contributed by atoms with Gasteiger partial charge in [0.15, 0.2) is 0 Å². The van der Waals surface area contributed by atoms with Gasteiger partial charge in [0.1, 0.15) is 10.9 Å². The number of carbonyl (C=O) groups excluding carboxylic acids is 1. The zero-order valence-corrected chi connectivity index (χ0v) is 12.7. The Morgan fingerprint density at radius 1 is 1.30 bits per heavy atom. The largest absolute Gasteiger partial charge is 0.384 e. The molecule has 0 spiro atoms. The second-order valence-corrected chi connectivity index (χ2v) is 6.45. The van der Waals surface area contributed by atoms with Gasteiger partial charge in [-0.2, -0.15) is 4.72 Å². The Hall–Kier alpha value is -1.60. The molecule has 6 nitrogen and oxygen atoms in total. The molecule has 1 aromatic carbocycles. The van der Waals surface area contributed by atoms with Gasteiger partial charge in [-0.3, -0.25) is 4.79 Å². The molecular weight excluding hydrogens is 278 g/mol. The quantitative estimate of drug-likeness (QED) is 0.696. The summed E-state index contributed by atoms with van der Waals surface area (Å²) in [6.07, 6.45) is 0. The maximum Gasteiger partial charge on any atom is 0.243 e. The van der Waals surface area contributed by atoms with Crippen molar-refractivity contribution in [2.75, 3.05) is 11.9 Å². The average Bonchev–Trinajstić information content (AvgIpc) is 2.36. The van der Waals surface area contributed by atoms with Crippen molar-refractivity contribution >= 4 is 21.6 Å². The Bertz CT molecular complexity index is 570. The van der Waals surface area contributed by atoms with Crippen LogP contribution in [0.3, 0.4) is 0 Å². The van der Waals surface area contributed by atoms with Crippen LogP contribution in [0.25, 0.3) is 0 Å². The highest BCUT2D eigenvalue weighted by Gasteiger charge is 2.27. The van der Waals surface area contributed by atoms with Crippen molar-refractivity contribution in [2.24, 2.45) is 11.7 Å². The molecule has 0 aromatic heterocycles. The third-order valence-corrected chi connectivity index (χ3v) is 4.30. The molecule has 0 fully saturated rings. The number of amides is 1. The SMILES string of the molecule is CCNc1ccccc1S(=O)(=O)NC(C(N)=O)C(C)C. The number of nitrogens with one attached hydrogen (secondary N) is 2. The summed E-state index contributed by atoms with van der Waals surface area (Å²) >= 11 is 0. The molecule has 0 heterocycles. The lowest BCUT2D eigenvalue weighted by Gasteiger charge is -2.20. The van der Waals surface area contributed by atoms with Gasteiger partial charge in [0.25, 0.3) is 0 Å². The minimum absolute atomic E-state index is 0.105. The van der Waals surface area contributed by atoms with Gasteiger partial charge in [-0.1, -0.05) is 26.0 Å². The Morgan fingerprint density at radius 2 is 1.90 bits per heavy atom. The lowest BCUT2D eigenvalue weighted by molar-refractivity contribution is -0.120. The highest BCUT2D eigenvalue weighted by Crippen LogP contribution is 2.21. The number of hydrogen-bond donors (Lipinski definition) is 3. The topological polar surface area (TPSA) is 101 Å². The fourth-order valence-corrected chi connectivity index (χ4v) is 3.33. The minimum Gasteiger partial charge on any atom is -0.384 e. The van der Waals surface area contributed by atoms with Crippen LogP contribution in [0.4, 0.5) is 5.69 Å². The minimum atomic E-state index is -3.82. The molecule has 1 unspecified atom stereocenters. The van der Waals surface area contributed by atoms with Gasteiger partial charge in [-0.25, -0.2) is 8.42 Å². The van der Waals surface area contributed by atoms with Crippen LogP contribution in [-0.2, 0) is 14.8 Å². The molecule has 1 rings (SSSR count). The van der Waals surface area contributed by atoms with E-state index in [1.165, 1.54) is 6.07 Å². The normalized spacial score (nSPS) is 13.2. The van der Waals surface area contributed by atoms with Crippen LogP contribution in [-0.4, -0.2) is 26.9 Å². The van der Waals surface area contributed by atoms with E-state index in [9.17, 15) is 13.2 Å². The van der Waals surface area contributed by atoms with E-state index in [0.717, 1.165) is 0 Å². The highest BCUT2D eigenvalue weighted by atomic mass is 32.2. The van der Waals surface area contributed by atoms with E-state index < -0.39 is 22.0 Å². The number of benzene rings is 1. The molecule has 0 aliphatic rings. The molecule has 0 saturated heterocycles. The summed E-state index contributed by atoms with van der Waals surface area (Å²) in [6, 6.07) is 5.59. The third kappa shape index (κ3) is 3.94. The summed E-state index contributed by atoms with van der Waals surface area (Å²) in [6.45, 7) is 5.93. The molecule has 112 valence electrons. The van der Waals surface area contributed by atoms with E-state index in [-0.39, 0.29) is 10.8 Å². The van der Waals surface area contributed by atoms with Crippen molar-refractivity contribution in [1.29, 1.82) is 0 Å². The highest BCUT2D eigenvalue weighted by molar-refractivity contribution is 7.89. The maximum atomic E-state index is 12.4. The van der Waals surface area contributed by atoms with E-state index in [1.54, 1.807) is 32.0 Å². The van der Waals surface area contributed by atoms with Gasteiger partial charge in [-0.15, -0.1) is 0 Å². The summed E-state index contributed by atoms with van der Waals surface area (Å²) in [7, 11) is -3.82. The number of hydrogen-bond acceptors (Lipinski definition) is 4. The van der Waals surface area contributed by atoms with E-state index in [2.05, 4.69) is 10.0 Å². The molecule has 1 atom stereocenters. The van der Waals surface area contributed by atoms with Crippen molar-refractivity contribution in [3.8, 4) is 0 Å². The second kappa shape index (κ2) is 6.71. The summed E-state index contributed by atoms with van der Waals surface area (Å²) in [4.78, 5) is 11.4. The van der Waals surface area contributed by atoms with Crippen molar-refractivity contribution < 1.29 is 13.2 Å². The van der Waals surface area contributed by atoms with Crippen LogP contribution in [0, 0.1) is 5.92 Å². The number of carbonyl (C=O) groups is 1. The lowest BCUT2D eigenvalue weighted by Crippen LogP contribution is -2.47. The summed E-state index contributed by atoms with van der Waals surface area (Å²) in [5.74, 6) is -0.918. The van der Waals surface area contributed by atoms with Gasteiger partial charge < -0.3 is 11.1 Å². The molecular formula is C13H21N3O3S. The Kier molecular flexibility index (Phi) is 5.52. The lowest BCUT2D eigenvalue weighted by atomic mass is 10.1. The molecule has 1 aromatic rings. The molecule has 0 aliphatic heterocycles. The van der Waals surface area contributed by atoms with Crippen LogP contribution >= 0.6 is 0 Å². The first-order valence-corrected chi connectivity index (χ1v) is 7.92. The molecule has 1 amide bonds. The first-order valence-electron chi connectivity index (χ1n) is 6.44. The van der Waals surface area contributed by atoms with Crippen molar-refractivity contribution in [3.63, 3.8) is 0 Å². The number of para-hydroxylation sites is 1. The summed E-state index contributed by atoms with van der Waals surface area (Å²) in [5, 5.41) is 2.98. The number of nitrogens with two attached hydrogens (primary N) is 1. The zero-order valence-electron chi connectivity index (χ0n) is 11.9. The number of sulfonamides is 1. The molecule has 20 heavy (non-hydrogen) atoms. The Labute approximate surface area is 119 Å². The maximum absolute atomic E-state index is 12.4. The third-order valence-electron chi connectivity index (χ3n) is 2.80. The second-order valence-electron chi connectivity index (χ2n) is 4.77. The van der Waals surface area contributed by atoms with E-state index >= 15 is 0 Å². The average molecular weight is 299 g/mol. The number of anilines is 1. The molecule has 0 radical (unpaired) electrons. The van der Waals surface area contributed by atoms with E-state index in [4.69, 9.17) is 5.73 Å².